The molecule has 10 heteroatoms. The van der Waals surface area contributed by atoms with Gasteiger partial charge in [-0.1, -0.05) is 352 Å². The number of rotatable bonds is 15. The Kier molecular flexibility index (Phi) is 21.5. The van der Waals surface area contributed by atoms with E-state index < -0.39 is 5.41 Å². The first-order chi connectivity index (χ1) is 69.9. The van der Waals surface area contributed by atoms with Crippen molar-refractivity contribution in [3.8, 4) is 174 Å². The molecule has 27 rings (SSSR count). The normalized spacial score (nSPS) is 12.4. The summed E-state index contributed by atoms with van der Waals surface area (Å²) in [5, 5.41) is 2.45. The topological polar surface area (TPSA) is 121 Å². The summed E-state index contributed by atoms with van der Waals surface area (Å²) < 4.78 is 2.33. The quantitative estimate of drug-likeness (QED) is 0.0988. The Morgan fingerprint density at radius 2 is 0.440 bits per heavy atom. The molecule has 0 saturated heterocycles. The van der Waals surface area contributed by atoms with E-state index in [1.807, 2.05) is 91.4 Å². The molecule has 0 N–H and O–H groups in total. The molecule has 10 nitrogen and oxygen atoms in total. The van der Waals surface area contributed by atoms with Crippen LogP contribution in [0.2, 0.25) is 0 Å². The van der Waals surface area contributed by atoms with Crippen LogP contribution in [0, 0.1) is 0 Å². The maximum absolute atomic E-state index is 5.03. The lowest BCUT2D eigenvalue weighted by Gasteiger charge is -2.33. The Bertz CT molecular complexity index is 8260. The van der Waals surface area contributed by atoms with E-state index in [1.165, 1.54) is 99.7 Å². The average molecular weight is 1800 g/mol. The molecule has 0 unspecified atom stereocenters. The van der Waals surface area contributed by atoms with Gasteiger partial charge in [0.2, 0.25) is 0 Å². The minimum atomic E-state index is -0.407. The van der Waals surface area contributed by atoms with E-state index in [4.69, 9.17) is 29.9 Å². The fraction of sp³-hybridized carbons (Fsp3) is 0.0153. The summed E-state index contributed by atoms with van der Waals surface area (Å²) in [6.07, 6.45) is 11.3. The van der Waals surface area contributed by atoms with Crippen LogP contribution in [0.15, 0.2) is 522 Å². The highest BCUT2D eigenvalue weighted by molar-refractivity contribution is 6.11. The lowest BCUT2D eigenvalue weighted by Crippen LogP contribution is -2.28. The molecule has 0 bridgehead atoms. The molecular weight excluding hydrogens is 1710 g/mol. The third-order valence-corrected chi connectivity index (χ3v) is 27.8. The smallest absolute Gasteiger partial charge is 0.0900 e. The molecule has 0 fully saturated rings. The number of hydrogen-bond acceptors (Lipinski definition) is 9. The second kappa shape index (κ2) is 36.1. The molecule has 0 saturated carbocycles. The molecule has 1 spiro atoms. The summed E-state index contributed by atoms with van der Waals surface area (Å²) in [5.74, 6) is 0. The van der Waals surface area contributed by atoms with Crippen LogP contribution < -0.4 is 0 Å². The van der Waals surface area contributed by atoms with Gasteiger partial charge >= 0.3 is 0 Å². The second-order valence-corrected chi connectivity index (χ2v) is 35.8. The van der Waals surface area contributed by atoms with Gasteiger partial charge in [-0.05, 0) is 261 Å². The van der Waals surface area contributed by atoms with Crippen molar-refractivity contribution in [2.75, 3.05) is 0 Å². The molecule has 14 aromatic carbocycles. The molecule has 141 heavy (non-hydrogen) atoms. The summed E-state index contributed by atoms with van der Waals surface area (Å²) in [5.41, 5.74) is 44.1. The Morgan fingerprint density at radius 3 is 0.809 bits per heavy atom. The molecule has 0 atom stereocenters. The lowest BCUT2D eigenvalue weighted by molar-refractivity contribution is 0.768. The van der Waals surface area contributed by atoms with Crippen molar-refractivity contribution in [1.29, 1.82) is 0 Å². The summed E-state index contributed by atoms with van der Waals surface area (Å²) in [4.78, 5) is 43.6. The van der Waals surface area contributed by atoms with Crippen LogP contribution in [0.1, 0.15) is 44.5 Å². The van der Waals surface area contributed by atoms with Crippen molar-refractivity contribution in [3.63, 3.8) is 0 Å². The van der Waals surface area contributed by atoms with Gasteiger partial charge in [-0.3, -0.25) is 29.9 Å². The van der Waals surface area contributed by atoms with Gasteiger partial charge in [0.15, 0.2) is 0 Å². The highest BCUT2D eigenvalue weighted by atomic mass is 15.0. The Hall–Kier alpha value is -18.8. The van der Waals surface area contributed by atoms with Crippen LogP contribution in [0.4, 0.5) is 0 Å². The number of aromatic nitrogens is 10. The Morgan fingerprint density at radius 1 is 0.156 bits per heavy atom. The second-order valence-electron chi connectivity index (χ2n) is 35.8. The van der Waals surface area contributed by atoms with Crippen molar-refractivity contribution in [2.45, 2.75) is 10.8 Å². The minimum Gasteiger partial charge on any atom is -0.309 e. The van der Waals surface area contributed by atoms with E-state index in [0.29, 0.717) is 0 Å². The third-order valence-electron chi connectivity index (χ3n) is 27.8. The lowest BCUT2D eigenvalue weighted by atomic mass is 9.67. The number of fused-ring (bicyclic) bond motifs is 16. The van der Waals surface area contributed by atoms with Gasteiger partial charge in [0.1, 0.15) is 0 Å². The van der Waals surface area contributed by atoms with Crippen LogP contribution in [0.3, 0.4) is 0 Å². The molecule has 24 aromatic rings. The molecule has 0 aliphatic heterocycles. The SMILES string of the molecule is c1ccc(-c2cc(-c3ccccn3)nc(-c3ccc(-c4ccc5c(c4)-c4ccccc4C5(c4ccccc4)c4ccccc4)cn3)c2)cc1.c1ccc(-c2cc(-c3ccccn3)nc(-c3ccc(-c4ccc5c(c4)-c4ccccc4C54c5ccccc5-c5ccccc54)cn3)c2)cc1.c1ccc(-c2cc(-c3ccccn3)nc(-c3ccc(-c4ccc5c(c4)c4ccccc4n5-c4ccccc4)cn3)c2)cc1. The van der Waals surface area contributed by atoms with Gasteiger partial charge in [0.25, 0.3) is 0 Å². The molecule has 3 aliphatic rings. The highest BCUT2D eigenvalue weighted by Gasteiger charge is 2.52. The molecule has 10 heterocycles. The third kappa shape index (κ3) is 15.2. The van der Waals surface area contributed by atoms with Crippen molar-refractivity contribution in [2.24, 2.45) is 0 Å². The van der Waals surface area contributed by atoms with Gasteiger partial charge in [-0.2, -0.15) is 0 Å². The van der Waals surface area contributed by atoms with E-state index in [0.717, 1.165) is 141 Å². The van der Waals surface area contributed by atoms with Gasteiger partial charge in [0.05, 0.1) is 90.2 Å². The number of hydrogen-bond donors (Lipinski definition) is 0. The maximum atomic E-state index is 5.03. The number of pyridine rings is 9. The largest absolute Gasteiger partial charge is 0.309 e. The average Bonchev–Trinajstić information content (AvgIpc) is 1.50. The van der Waals surface area contributed by atoms with Crippen molar-refractivity contribution < 1.29 is 0 Å². The van der Waals surface area contributed by atoms with E-state index in [1.54, 1.807) is 18.6 Å². The molecule has 10 aromatic heterocycles. The first kappa shape index (κ1) is 84.0. The van der Waals surface area contributed by atoms with Crippen LogP contribution in [0.5, 0.6) is 0 Å². The van der Waals surface area contributed by atoms with Crippen LogP contribution in [-0.2, 0) is 10.8 Å². The van der Waals surface area contributed by atoms with Crippen molar-refractivity contribution >= 4 is 21.8 Å². The van der Waals surface area contributed by atoms with E-state index >= 15 is 0 Å². The maximum Gasteiger partial charge on any atom is 0.0900 e. The fourth-order valence-corrected chi connectivity index (χ4v) is 21.4. The first-order valence-corrected chi connectivity index (χ1v) is 47.6. The van der Waals surface area contributed by atoms with Gasteiger partial charge in [-0.25, -0.2) is 15.0 Å². The van der Waals surface area contributed by atoms with Crippen LogP contribution in [-0.4, -0.2) is 49.4 Å². The molecule has 0 radical (unpaired) electrons. The minimum absolute atomic E-state index is 0.333. The van der Waals surface area contributed by atoms with Gasteiger partial charge < -0.3 is 4.57 Å². The summed E-state index contributed by atoms with van der Waals surface area (Å²) in [7, 11) is 0. The van der Waals surface area contributed by atoms with Crippen LogP contribution >= 0.6 is 0 Å². The van der Waals surface area contributed by atoms with Crippen molar-refractivity contribution in [1.82, 2.24) is 49.4 Å². The zero-order valence-corrected chi connectivity index (χ0v) is 76.6. The standard InChI is InChI=1S/C46H29N3.C46H31N3.C39H26N4/c1-2-12-30(13-3-1)33-27-44(42-20-10-11-25-47-42)49-45(28-33)43-24-22-32(29-48-43)31-21-23-41-37(26-31)36-16-6-9-19-40(36)46(41)38-17-7-4-14-34(38)35-15-5-8-18-39(35)46;1-4-14-32(15-5-1)35-29-44(42-22-12-13-27-47-42)49-45(30-35)43-26-24-34(31-48-43)33-23-25-41-39(28-33)38-20-10-11-21-40(38)46(41,36-16-6-2-7-17-36)37-18-8-3-9-19-37;1-3-11-27(12-4-1)30-24-36(34-16-9-10-22-40-34)42-37(25-30)35-20-18-29(26-41-35)28-19-21-39-33(23-28)32-15-7-8-17-38(32)43(39)31-13-5-2-6-14-31/h1-29H;1-31H;1-26H. The molecule has 660 valence electrons. The summed E-state index contributed by atoms with van der Waals surface area (Å²) in [6, 6.07) is 171. The molecular formula is C131H86N10. The predicted octanol–water partition coefficient (Wildman–Crippen LogP) is 31.4. The van der Waals surface area contributed by atoms with Crippen LogP contribution in [0.25, 0.3) is 196 Å². The Labute approximate surface area is 817 Å². The predicted molar refractivity (Wildman–Crippen MR) is 573 cm³/mol. The van der Waals surface area contributed by atoms with E-state index in [9.17, 15) is 0 Å². The number of para-hydroxylation sites is 2. The summed E-state index contributed by atoms with van der Waals surface area (Å²) in [6.45, 7) is 0. The highest BCUT2D eigenvalue weighted by Crippen LogP contribution is 2.64. The van der Waals surface area contributed by atoms with Gasteiger partial charge in [0, 0.05) is 70.3 Å². The number of nitrogens with zero attached hydrogens (tertiary/aromatic N) is 10. The Balaban J connectivity index is 0.000000112. The molecule has 3 aliphatic carbocycles. The summed E-state index contributed by atoms with van der Waals surface area (Å²) >= 11 is 0. The van der Waals surface area contributed by atoms with E-state index in [2.05, 4.69) is 432 Å². The fourth-order valence-electron chi connectivity index (χ4n) is 21.4. The molecule has 0 amide bonds. The van der Waals surface area contributed by atoms with Crippen molar-refractivity contribution in [3.05, 3.63) is 567 Å². The monoisotopic (exact) mass is 1800 g/mol. The zero-order chi connectivity index (χ0) is 93.6. The van der Waals surface area contributed by atoms with Gasteiger partial charge in [-0.15, -0.1) is 0 Å². The van der Waals surface area contributed by atoms with E-state index in [-0.39, 0.29) is 5.41 Å². The number of benzene rings is 14. The zero-order valence-electron chi connectivity index (χ0n) is 76.6. The first-order valence-electron chi connectivity index (χ1n) is 47.6.